The van der Waals surface area contributed by atoms with E-state index < -0.39 is 11.9 Å². The number of carboxylic acids is 1. The molecule has 1 aromatic rings. The topological polar surface area (TPSA) is 121 Å². The van der Waals surface area contributed by atoms with Gasteiger partial charge in [0.05, 0.1) is 5.92 Å². The van der Waals surface area contributed by atoms with E-state index in [0.29, 0.717) is 19.3 Å². The van der Waals surface area contributed by atoms with Crippen molar-refractivity contribution in [2.24, 2.45) is 5.92 Å². The summed E-state index contributed by atoms with van der Waals surface area (Å²) >= 11 is 0. The van der Waals surface area contributed by atoms with E-state index in [1.165, 1.54) is 0 Å². The molecule has 16 heavy (non-hydrogen) atoms. The fourth-order valence-electron chi connectivity index (χ4n) is 1.84. The van der Waals surface area contributed by atoms with E-state index in [1.54, 1.807) is 0 Å². The van der Waals surface area contributed by atoms with E-state index in [2.05, 4.69) is 25.9 Å². The minimum Gasteiger partial charge on any atom is -0.481 e. The number of nitrogens with one attached hydrogen (secondary N) is 2. The monoisotopic (exact) mass is 225 g/mol. The van der Waals surface area contributed by atoms with Gasteiger partial charge in [-0.1, -0.05) is 0 Å². The third kappa shape index (κ3) is 2.15. The van der Waals surface area contributed by atoms with E-state index >= 15 is 0 Å². The minimum atomic E-state index is -0.809. The maximum absolute atomic E-state index is 11.5. The Morgan fingerprint density at radius 3 is 2.81 bits per heavy atom. The first-order valence-corrected chi connectivity index (χ1v) is 4.94. The molecule has 0 aliphatic heterocycles. The molecule has 8 nitrogen and oxygen atoms in total. The van der Waals surface area contributed by atoms with Crippen LogP contribution in [0.3, 0.4) is 0 Å². The summed E-state index contributed by atoms with van der Waals surface area (Å²) in [6, 6.07) is -0.118. The molecular weight excluding hydrogens is 214 g/mol. The summed E-state index contributed by atoms with van der Waals surface area (Å²) in [5.74, 6) is -1.63. The Labute approximate surface area is 90.4 Å². The van der Waals surface area contributed by atoms with Crippen molar-refractivity contribution in [1.82, 2.24) is 25.9 Å². The van der Waals surface area contributed by atoms with Gasteiger partial charge >= 0.3 is 5.97 Å². The number of aromatic amines is 1. The third-order valence-corrected chi connectivity index (χ3v) is 2.67. The molecule has 1 amide bonds. The standard InChI is InChI=1S/C8H11N5O3/c14-7(6-10-12-13-11-6)9-5-2-1-4(3-5)8(15)16/h4-5H,1-3H2,(H,9,14)(H,15,16)(H,10,11,12,13)/t4-,5+/m1/s1. The first kappa shape index (κ1) is 10.5. The van der Waals surface area contributed by atoms with Gasteiger partial charge in [-0.2, -0.15) is 5.21 Å². The summed E-state index contributed by atoms with van der Waals surface area (Å²) < 4.78 is 0. The highest BCUT2D eigenvalue weighted by molar-refractivity contribution is 5.90. The van der Waals surface area contributed by atoms with Gasteiger partial charge in [0.15, 0.2) is 0 Å². The van der Waals surface area contributed by atoms with Gasteiger partial charge in [0.1, 0.15) is 0 Å². The predicted molar refractivity (Wildman–Crippen MR) is 50.4 cm³/mol. The van der Waals surface area contributed by atoms with Gasteiger partial charge in [0, 0.05) is 6.04 Å². The van der Waals surface area contributed by atoms with Crippen molar-refractivity contribution in [2.45, 2.75) is 25.3 Å². The first-order chi connectivity index (χ1) is 7.66. The number of hydrogen-bond acceptors (Lipinski definition) is 5. The maximum atomic E-state index is 11.5. The maximum Gasteiger partial charge on any atom is 0.306 e. The number of amides is 1. The van der Waals surface area contributed by atoms with Crippen LogP contribution >= 0.6 is 0 Å². The fraction of sp³-hybridized carbons (Fsp3) is 0.625. The quantitative estimate of drug-likeness (QED) is 0.618. The smallest absolute Gasteiger partial charge is 0.306 e. The van der Waals surface area contributed by atoms with E-state index in [0.717, 1.165) is 0 Å². The summed E-state index contributed by atoms with van der Waals surface area (Å²) in [5.41, 5.74) is 0. The molecule has 1 fully saturated rings. The molecule has 1 aromatic heterocycles. The van der Waals surface area contributed by atoms with E-state index in [9.17, 15) is 9.59 Å². The Morgan fingerprint density at radius 1 is 1.44 bits per heavy atom. The normalized spacial score (nSPS) is 24.2. The third-order valence-electron chi connectivity index (χ3n) is 2.67. The van der Waals surface area contributed by atoms with Crippen molar-refractivity contribution in [2.75, 3.05) is 0 Å². The Kier molecular flexibility index (Phi) is 2.80. The average molecular weight is 225 g/mol. The Balaban J connectivity index is 1.88. The van der Waals surface area contributed by atoms with Crippen LogP contribution in [0.15, 0.2) is 0 Å². The van der Waals surface area contributed by atoms with Crippen LogP contribution in [0.1, 0.15) is 29.9 Å². The highest BCUT2D eigenvalue weighted by atomic mass is 16.4. The number of tetrazole rings is 1. The molecule has 1 aliphatic carbocycles. The Hall–Kier alpha value is -1.99. The molecule has 0 bridgehead atoms. The second-order valence-corrected chi connectivity index (χ2v) is 3.75. The van der Waals surface area contributed by atoms with Crippen LogP contribution in [0, 0.1) is 5.92 Å². The molecule has 2 rings (SSSR count). The van der Waals surface area contributed by atoms with Crippen molar-refractivity contribution in [3.05, 3.63) is 5.82 Å². The van der Waals surface area contributed by atoms with Gasteiger partial charge < -0.3 is 10.4 Å². The summed E-state index contributed by atoms with van der Waals surface area (Å²) in [4.78, 5) is 22.2. The molecule has 8 heteroatoms. The van der Waals surface area contributed by atoms with E-state index in [1.807, 2.05) is 0 Å². The van der Waals surface area contributed by atoms with Crippen LogP contribution < -0.4 is 5.32 Å². The van der Waals surface area contributed by atoms with Crippen molar-refractivity contribution in [3.63, 3.8) is 0 Å². The molecule has 1 aliphatic rings. The zero-order chi connectivity index (χ0) is 11.5. The number of nitrogens with zero attached hydrogens (tertiary/aromatic N) is 3. The number of aliphatic carboxylic acids is 1. The number of carbonyl (C=O) groups excluding carboxylic acids is 1. The number of H-pyrrole nitrogens is 1. The van der Waals surface area contributed by atoms with Gasteiger partial charge in [-0.05, 0) is 24.5 Å². The zero-order valence-electron chi connectivity index (χ0n) is 8.38. The summed E-state index contributed by atoms with van der Waals surface area (Å²) in [6.45, 7) is 0. The minimum absolute atomic E-state index is 0.0289. The van der Waals surface area contributed by atoms with Gasteiger partial charge in [0.25, 0.3) is 11.7 Å². The number of aromatic nitrogens is 4. The highest BCUT2D eigenvalue weighted by Crippen LogP contribution is 2.25. The Morgan fingerprint density at radius 2 is 2.25 bits per heavy atom. The summed E-state index contributed by atoms with van der Waals surface area (Å²) in [5, 5.41) is 24.0. The molecule has 1 saturated carbocycles. The molecule has 3 N–H and O–H groups in total. The summed E-state index contributed by atoms with van der Waals surface area (Å²) in [7, 11) is 0. The SMILES string of the molecule is O=C(N[C@H]1CC[C@@H](C(=O)O)C1)c1nn[nH]n1. The lowest BCUT2D eigenvalue weighted by Crippen LogP contribution is -2.34. The second-order valence-electron chi connectivity index (χ2n) is 3.75. The van der Waals surface area contributed by atoms with Crippen molar-refractivity contribution < 1.29 is 14.7 Å². The first-order valence-electron chi connectivity index (χ1n) is 4.94. The summed E-state index contributed by atoms with van der Waals surface area (Å²) in [6.07, 6.45) is 1.71. The van der Waals surface area contributed by atoms with Gasteiger partial charge in [-0.3, -0.25) is 9.59 Å². The number of hydrogen-bond donors (Lipinski definition) is 3. The predicted octanol–water partition coefficient (Wildman–Crippen LogP) is -0.817. The Bertz CT molecular complexity index is 390. The van der Waals surface area contributed by atoms with Gasteiger partial charge in [0.2, 0.25) is 0 Å². The molecule has 0 aromatic carbocycles. The van der Waals surface area contributed by atoms with Crippen LogP contribution in [-0.4, -0.2) is 43.6 Å². The van der Waals surface area contributed by atoms with Crippen LogP contribution in [0.4, 0.5) is 0 Å². The zero-order valence-corrected chi connectivity index (χ0v) is 8.38. The van der Waals surface area contributed by atoms with Crippen molar-refractivity contribution >= 4 is 11.9 Å². The molecule has 2 atom stereocenters. The van der Waals surface area contributed by atoms with Crippen LogP contribution in [0.2, 0.25) is 0 Å². The van der Waals surface area contributed by atoms with Crippen molar-refractivity contribution in [1.29, 1.82) is 0 Å². The van der Waals surface area contributed by atoms with Crippen LogP contribution in [-0.2, 0) is 4.79 Å². The molecule has 86 valence electrons. The largest absolute Gasteiger partial charge is 0.481 e. The van der Waals surface area contributed by atoms with Crippen molar-refractivity contribution in [3.8, 4) is 0 Å². The fourth-order valence-corrected chi connectivity index (χ4v) is 1.84. The number of carbonyl (C=O) groups is 2. The molecule has 0 saturated heterocycles. The lowest BCUT2D eigenvalue weighted by atomic mass is 10.1. The lowest BCUT2D eigenvalue weighted by Gasteiger charge is -2.09. The van der Waals surface area contributed by atoms with E-state index in [4.69, 9.17) is 5.11 Å². The molecule has 0 radical (unpaired) electrons. The average Bonchev–Trinajstić information content (AvgIpc) is 2.87. The number of rotatable bonds is 3. The van der Waals surface area contributed by atoms with Crippen LogP contribution in [0.25, 0.3) is 0 Å². The molecular formula is C8H11N5O3. The number of carboxylic acid groups (broad SMARTS) is 1. The van der Waals surface area contributed by atoms with Gasteiger partial charge in [-0.25, -0.2) is 0 Å². The second kappa shape index (κ2) is 4.25. The lowest BCUT2D eigenvalue weighted by molar-refractivity contribution is -0.141. The molecule has 0 spiro atoms. The van der Waals surface area contributed by atoms with Gasteiger partial charge in [-0.15, -0.1) is 10.2 Å². The van der Waals surface area contributed by atoms with Crippen LogP contribution in [0.5, 0.6) is 0 Å². The molecule has 0 unspecified atom stereocenters. The van der Waals surface area contributed by atoms with E-state index in [-0.39, 0.29) is 17.8 Å². The molecule has 1 heterocycles. The highest BCUT2D eigenvalue weighted by Gasteiger charge is 2.31.